The highest BCUT2D eigenvalue weighted by Gasteiger charge is 2.31. The van der Waals surface area contributed by atoms with Gasteiger partial charge in [0.2, 0.25) is 5.91 Å². The molecule has 2 amide bonds. The highest BCUT2D eigenvalue weighted by Crippen LogP contribution is 2.24. The van der Waals surface area contributed by atoms with E-state index in [9.17, 15) is 14.4 Å². The summed E-state index contributed by atoms with van der Waals surface area (Å²) in [5.41, 5.74) is 0.804. The van der Waals surface area contributed by atoms with Crippen LogP contribution in [0.2, 0.25) is 0 Å². The summed E-state index contributed by atoms with van der Waals surface area (Å²) in [7, 11) is 0. The molecule has 7 heteroatoms. The standard InChI is InChI=1S/C20H26N2O5/c1-5-26-18(24)11-10-15-8-6-7-9-16(15)22-13-12-21(14-17(22)23)19(25)27-20(2,3)4/h6-11H,5,12-14H2,1-4H3/b11-10+. The van der Waals surface area contributed by atoms with Crippen LogP contribution in [-0.4, -0.2) is 54.7 Å². The first kappa shape index (κ1) is 20.5. The van der Waals surface area contributed by atoms with E-state index in [2.05, 4.69) is 0 Å². The fraction of sp³-hybridized carbons (Fsp3) is 0.450. The van der Waals surface area contributed by atoms with Crippen LogP contribution in [0, 0.1) is 0 Å². The van der Waals surface area contributed by atoms with Crippen molar-refractivity contribution in [3.05, 3.63) is 35.9 Å². The summed E-state index contributed by atoms with van der Waals surface area (Å²) in [6.07, 6.45) is 2.47. The maximum absolute atomic E-state index is 12.6. The van der Waals surface area contributed by atoms with Gasteiger partial charge in [0, 0.05) is 19.2 Å². The van der Waals surface area contributed by atoms with E-state index in [0.717, 1.165) is 5.56 Å². The highest BCUT2D eigenvalue weighted by atomic mass is 16.6. The topological polar surface area (TPSA) is 76.2 Å². The lowest BCUT2D eigenvalue weighted by Crippen LogP contribution is -2.53. The summed E-state index contributed by atoms with van der Waals surface area (Å²) in [6, 6.07) is 7.28. The highest BCUT2D eigenvalue weighted by molar-refractivity contribution is 5.99. The third-order valence-electron chi connectivity index (χ3n) is 3.79. The quantitative estimate of drug-likeness (QED) is 0.598. The van der Waals surface area contributed by atoms with E-state index in [1.54, 1.807) is 38.7 Å². The number of rotatable bonds is 4. The number of ether oxygens (including phenoxy) is 2. The fourth-order valence-electron chi connectivity index (χ4n) is 2.63. The minimum absolute atomic E-state index is 0.0508. The molecule has 1 aliphatic rings. The smallest absolute Gasteiger partial charge is 0.410 e. The van der Waals surface area contributed by atoms with Crippen molar-refractivity contribution in [2.75, 3.05) is 31.1 Å². The molecule has 2 rings (SSSR count). The summed E-state index contributed by atoms with van der Waals surface area (Å²) in [5.74, 6) is -0.641. The Hall–Kier alpha value is -2.83. The SMILES string of the molecule is CCOC(=O)/C=C/c1ccccc1N1CCN(C(=O)OC(C)(C)C)CC1=O. The number of esters is 1. The average Bonchev–Trinajstić information content (AvgIpc) is 2.59. The van der Waals surface area contributed by atoms with Crippen LogP contribution in [0.1, 0.15) is 33.3 Å². The Morgan fingerprint density at radius 3 is 2.52 bits per heavy atom. The Morgan fingerprint density at radius 1 is 1.19 bits per heavy atom. The van der Waals surface area contributed by atoms with Gasteiger partial charge in [0.15, 0.2) is 0 Å². The molecule has 7 nitrogen and oxygen atoms in total. The lowest BCUT2D eigenvalue weighted by molar-refractivity contribution is -0.137. The number of para-hydroxylation sites is 1. The lowest BCUT2D eigenvalue weighted by atomic mass is 10.1. The number of nitrogens with zero attached hydrogens (tertiary/aromatic N) is 2. The number of hydrogen-bond acceptors (Lipinski definition) is 5. The van der Waals surface area contributed by atoms with Crippen LogP contribution >= 0.6 is 0 Å². The number of carbonyl (C=O) groups is 3. The van der Waals surface area contributed by atoms with Gasteiger partial charge in [-0.15, -0.1) is 0 Å². The molecule has 0 spiro atoms. The molecule has 27 heavy (non-hydrogen) atoms. The van der Waals surface area contributed by atoms with Gasteiger partial charge in [-0.1, -0.05) is 18.2 Å². The molecule has 0 unspecified atom stereocenters. The number of amides is 2. The fourth-order valence-corrected chi connectivity index (χ4v) is 2.63. The number of piperazine rings is 1. The van der Waals surface area contributed by atoms with Crippen molar-refractivity contribution >= 4 is 29.7 Å². The molecule has 0 N–H and O–H groups in total. The molecule has 0 aliphatic carbocycles. The number of hydrogen-bond donors (Lipinski definition) is 0. The van der Waals surface area contributed by atoms with E-state index >= 15 is 0 Å². The zero-order valence-corrected chi connectivity index (χ0v) is 16.2. The first-order valence-electron chi connectivity index (χ1n) is 8.93. The van der Waals surface area contributed by atoms with Crippen LogP contribution in [0.3, 0.4) is 0 Å². The summed E-state index contributed by atoms with van der Waals surface area (Å²) >= 11 is 0. The van der Waals surface area contributed by atoms with Gasteiger partial charge in [0.05, 0.1) is 12.3 Å². The number of anilines is 1. The third kappa shape index (κ3) is 5.84. The Bertz CT molecular complexity index is 736. The summed E-state index contributed by atoms with van der Waals surface area (Å²) in [5, 5.41) is 0. The Morgan fingerprint density at radius 2 is 1.89 bits per heavy atom. The molecule has 0 atom stereocenters. The summed E-state index contributed by atoms with van der Waals surface area (Å²) in [6.45, 7) is 8.07. The molecule has 1 heterocycles. The molecule has 0 radical (unpaired) electrons. The molecule has 1 fully saturated rings. The first-order valence-corrected chi connectivity index (χ1v) is 8.93. The molecule has 146 valence electrons. The Kier molecular flexibility index (Phi) is 6.60. The summed E-state index contributed by atoms with van der Waals surface area (Å²) < 4.78 is 10.2. The van der Waals surface area contributed by atoms with Gasteiger partial charge < -0.3 is 14.4 Å². The largest absolute Gasteiger partial charge is 0.463 e. The van der Waals surface area contributed by atoms with E-state index in [4.69, 9.17) is 9.47 Å². The van der Waals surface area contributed by atoms with Gasteiger partial charge >= 0.3 is 12.1 Å². The van der Waals surface area contributed by atoms with E-state index in [1.165, 1.54) is 11.0 Å². The number of carbonyl (C=O) groups excluding carboxylic acids is 3. The van der Waals surface area contributed by atoms with Gasteiger partial charge in [-0.25, -0.2) is 9.59 Å². The van der Waals surface area contributed by atoms with E-state index < -0.39 is 17.7 Å². The van der Waals surface area contributed by atoms with Crippen LogP contribution in [0.25, 0.3) is 6.08 Å². The van der Waals surface area contributed by atoms with Gasteiger partial charge in [-0.05, 0) is 45.4 Å². The van der Waals surface area contributed by atoms with Crippen molar-refractivity contribution < 1.29 is 23.9 Å². The van der Waals surface area contributed by atoms with Gasteiger partial charge in [0.25, 0.3) is 0 Å². The molecule has 1 aliphatic heterocycles. The van der Waals surface area contributed by atoms with E-state index in [1.807, 2.05) is 24.3 Å². The molecular formula is C20H26N2O5. The number of benzene rings is 1. The van der Waals surface area contributed by atoms with E-state index in [0.29, 0.717) is 25.4 Å². The summed E-state index contributed by atoms with van der Waals surface area (Å²) in [4.78, 5) is 39.4. The minimum Gasteiger partial charge on any atom is -0.463 e. The van der Waals surface area contributed by atoms with Gasteiger partial charge in [-0.3, -0.25) is 9.69 Å². The predicted octanol–water partition coefficient (Wildman–Crippen LogP) is 2.85. The maximum atomic E-state index is 12.6. The first-order chi connectivity index (χ1) is 12.7. The second-order valence-electron chi connectivity index (χ2n) is 7.09. The van der Waals surface area contributed by atoms with E-state index in [-0.39, 0.29) is 12.5 Å². The second kappa shape index (κ2) is 8.70. The Balaban J connectivity index is 2.11. The van der Waals surface area contributed by atoms with Crippen molar-refractivity contribution in [1.29, 1.82) is 0 Å². The average molecular weight is 374 g/mol. The second-order valence-corrected chi connectivity index (χ2v) is 7.09. The molecule has 0 aromatic heterocycles. The van der Waals surface area contributed by atoms with Crippen LogP contribution in [-0.2, 0) is 19.1 Å². The predicted molar refractivity (Wildman–Crippen MR) is 102 cm³/mol. The molecule has 1 aromatic carbocycles. The maximum Gasteiger partial charge on any atom is 0.410 e. The van der Waals surface area contributed by atoms with Crippen molar-refractivity contribution in [1.82, 2.24) is 4.90 Å². The van der Waals surface area contributed by atoms with Crippen molar-refractivity contribution in [2.45, 2.75) is 33.3 Å². The zero-order valence-electron chi connectivity index (χ0n) is 16.2. The zero-order chi connectivity index (χ0) is 20.0. The van der Waals surface area contributed by atoms with Crippen LogP contribution in [0.4, 0.5) is 10.5 Å². The van der Waals surface area contributed by atoms with Gasteiger partial charge in [0.1, 0.15) is 12.1 Å². The van der Waals surface area contributed by atoms with Crippen molar-refractivity contribution in [3.8, 4) is 0 Å². The normalized spacial score (nSPS) is 15.2. The minimum atomic E-state index is -0.609. The van der Waals surface area contributed by atoms with Crippen molar-refractivity contribution in [3.63, 3.8) is 0 Å². The third-order valence-corrected chi connectivity index (χ3v) is 3.79. The van der Waals surface area contributed by atoms with Crippen LogP contribution in [0.15, 0.2) is 30.3 Å². The molecule has 0 saturated carbocycles. The Labute approximate surface area is 159 Å². The molecule has 0 bridgehead atoms. The monoisotopic (exact) mass is 374 g/mol. The van der Waals surface area contributed by atoms with Crippen LogP contribution < -0.4 is 4.90 Å². The lowest BCUT2D eigenvalue weighted by Gasteiger charge is -2.35. The molecule has 1 saturated heterocycles. The van der Waals surface area contributed by atoms with Gasteiger partial charge in [-0.2, -0.15) is 0 Å². The van der Waals surface area contributed by atoms with Crippen molar-refractivity contribution in [2.24, 2.45) is 0 Å². The van der Waals surface area contributed by atoms with Crippen LogP contribution in [0.5, 0.6) is 0 Å². The molecular weight excluding hydrogens is 348 g/mol. The molecule has 1 aromatic rings.